The lowest BCUT2D eigenvalue weighted by atomic mass is 9.93. The topological polar surface area (TPSA) is 95.9 Å². The van der Waals surface area contributed by atoms with Crippen molar-refractivity contribution in [2.24, 2.45) is 13.0 Å². The summed E-state index contributed by atoms with van der Waals surface area (Å²) in [4.78, 5) is 26.4. The molecule has 8 nitrogen and oxygen atoms in total. The normalized spacial score (nSPS) is 21.0. The van der Waals surface area contributed by atoms with Gasteiger partial charge in [-0.1, -0.05) is 0 Å². The van der Waals surface area contributed by atoms with Crippen LogP contribution in [0.2, 0.25) is 0 Å². The summed E-state index contributed by atoms with van der Waals surface area (Å²) in [5, 5.41) is 13.8. The molecule has 3 rings (SSSR count). The molecule has 2 amide bonds. The molecule has 23 heavy (non-hydrogen) atoms. The quantitative estimate of drug-likeness (QED) is 0.880. The highest BCUT2D eigenvalue weighted by Gasteiger charge is 2.44. The Labute approximate surface area is 133 Å². The Hall–Kier alpha value is -2.64. The zero-order valence-corrected chi connectivity index (χ0v) is 13.6. The van der Waals surface area contributed by atoms with Crippen LogP contribution in [0.1, 0.15) is 29.4 Å². The second-order valence-corrected chi connectivity index (χ2v) is 5.99. The van der Waals surface area contributed by atoms with E-state index in [1.807, 2.05) is 20.9 Å². The zero-order valence-electron chi connectivity index (χ0n) is 13.6. The minimum Gasteiger partial charge on any atom is -0.338 e. The van der Waals surface area contributed by atoms with E-state index in [-0.39, 0.29) is 24.3 Å². The Morgan fingerprint density at radius 1 is 1.39 bits per heavy atom. The van der Waals surface area contributed by atoms with Gasteiger partial charge in [0.2, 0.25) is 11.8 Å². The Morgan fingerprint density at radius 2 is 2.13 bits per heavy atom. The minimum absolute atomic E-state index is 0.0448. The van der Waals surface area contributed by atoms with Crippen LogP contribution in [0, 0.1) is 19.8 Å². The fourth-order valence-corrected chi connectivity index (χ4v) is 3.04. The van der Waals surface area contributed by atoms with Crippen molar-refractivity contribution < 1.29 is 9.59 Å². The molecule has 0 radical (unpaired) electrons. The summed E-state index contributed by atoms with van der Waals surface area (Å²) in [6, 6.07) is 1.44. The van der Waals surface area contributed by atoms with Gasteiger partial charge >= 0.3 is 0 Å². The fraction of sp³-hybridized carbons (Fsp3) is 0.467. The van der Waals surface area contributed by atoms with Crippen LogP contribution < -0.4 is 5.32 Å². The molecule has 122 valence electrons. The van der Waals surface area contributed by atoms with Crippen molar-refractivity contribution in [2.45, 2.75) is 26.3 Å². The summed E-state index contributed by atoms with van der Waals surface area (Å²) in [6.45, 7) is 3.79. The van der Waals surface area contributed by atoms with E-state index in [2.05, 4.69) is 20.6 Å². The van der Waals surface area contributed by atoms with Crippen LogP contribution in [0.25, 0.3) is 0 Å². The predicted molar refractivity (Wildman–Crippen MR) is 83.5 cm³/mol. The molecule has 1 saturated heterocycles. The molecule has 0 aromatic carbocycles. The molecule has 2 aromatic heterocycles. The number of carbonyl (C=O) groups excluding carboxylic acids is 2. The van der Waals surface area contributed by atoms with Gasteiger partial charge in [-0.2, -0.15) is 10.2 Å². The van der Waals surface area contributed by atoms with Gasteiger partial charge in [-0.05, 0) is 13.8 Å². The average molecular weight is 316 g/mol. The lowest BCUT2D eigenvalue weighted by Crippen LogP contribution is -2.30. The lowest BCUT2D eigenvalue weighted by Gasteiger charge is -2.24. The Morgan fingerprint density at radius 3 is 2.70 bits per heavy atom. The van der Waals surface area contributed by atoms with E-state index in [9.17, 15) is 9.59 Å². The first-order valence-electron chi connectivity index (χ1n) is 7.45. The van der Waals surface area contributed by atoms with Crippen molar-refractivity contribution >= 4 is 17.6 Å². The number of hydrogen-bond donors (Lipinski definition) is 2. The number of aryl methyl sites for hydroxylation is 2. The number of H-pyrrole nitrogens is 1. The number of hydrogen-bond acceptors (Lipinski definition) is 4. The third kappa shape index (κ3) is 2.60. The Kier molecular flexibility index (Phi) is 3.67. The maximum Gasteiger partial charge on any atom is 0.231 e. The van der Waals surface area contributed by atoms with E-state index >= 15 is 0 Å². The van der Waals surface area contributed by atoms with Crippen molar-refractivity contribution in [1.82, 2.24) is 24.9 Å². The van der Waals surface area contributed by atoms with Gasteiger partial charge in [-0.25, -0.2) is 0 Å². The van der Waals surface area contributed by atoms with Gasteiger partial charge in [0.05, 0.1) is 18.2 Å². The van der Waals surface area contributed by atoms with E-state index in [1.54, 1.807) is 28.9 Å². The molecule has 2 aromatic rings. The van der Waals surface area contributed by atoms with Crippen molar-refractivity contribution in [3.63, 3.8) is 0 Å². The van der Waals surface area contributed by atoms with E-state index in [0.29, 0.717) is 5.82 Å². The number of carbonyl (C=O) groups is 2. The zero-order chi connectivity index (χ0) is 16.7. The summed E-state index contributed by atoms with van der Waals surface area (Å²) in [5.41, 5.74) is 2.71. The van der Waals surface area contributed by atoms with Crippen LogP contribution in [0.4, 0.5) is 5.82 Å². The molecule has 8 heteroatoms. The average Bonchev–Trinajstić information content (AvgIpc) is 3.13. The second kappa shape index (κ2) is 5.53. The second-order valence-electron chi connectivity index (χ2n) is 5.99. The molecular formula is C15H20N6O2. The van der Waals surface area contributed by atoms with Gasteiger partial charge in [0.15, 0.2) is 5.82 Å². The summed E-state index contributed by atoms with van der Waals surface area (Å²) in [5.74, 6) is -0.248. The van der Waals surface area contributed by atoms with Crippen LogP contribution in [-0.2, 0) is 16.6 Å². The molecule has 0 spiro atoms. The third-order valence-corrected chi connectivity index (χ3v) is 4.47. The van der Waals surface area contributed by atoms with Crippen LogP contribution >= 0.6 is 0 Å². The van der Waals surface area contributed by atoms with Crippen molar-refractivity contribution in [1.29, 1.82) is 0 Å². The highest BCUT2D eigenvalue weighted by molar-refractivity contribution is 5.97. The molecule has 0 unspecified atom stereocenters. The number of aromatic amines is 1. The summed E-state index contributed by atoms with van der Waals surface area (Å²) in [6.07, 6.45) is 1.92. The van der Waals surface area contributed by atoms with Crippen LogP contribution in [0.3, 0.4) is 0 Å². The number of nitrogens with one attached hydrogen (secondary N) is 2. The molecule has 2 atom stereocenters. The fourth-order valence-electron chi connectivity index (χ4n) is 3.04. The van der Waals surface area contributed by atoms with Crippen molar-refractivity contribution in [3.05, 3.63) is 29.2 Å². The summed E-state index contributed by atoms with van der Waals surface area (Å²) >= 11 is 0. The van der Waals surface area contributed by atoms with E-state index in [1.165, 1.54) is 0 Å². The molecule has 1 aliphatic rings. The first-order valence-corrected chi connectivity index (χ1v) is 7.45. The minimum atomic E-state index is -0.465. The van der Waals surface area contributed by atoms with Gasteiger partial charge in [0.1, 0.15) is 0 Å². The predicted octanol–water partition coefficient (Wildman–Crippen LogP) is 0.918. The smallest absolute Gasteiger partial charge is 0.231 e. The lowest BCUT2D eigenvalue weighted by molar-refractivity contribution is -0.128. The standard InChI is InChI=1S/C15H20N6O2/c1-8-5-12(19-18-8)17-15(23)10-6-13(22)20(3)14(10)11-7-16-21(4)9(11)2/h5,7,10,14H,6H2,1-4H3,(H2,17,18,19,23)/t10-,14-/m0/s1. The molecular weight excluding hydrogens is 296 g/mol. The maximum atomic E-state index is 12.6. The van der Waals surface area contributed by atoms with Crippen LogP contribution in [0.5, 0.6) is 0 Å². The number of anilines is 1. The number of aromatic nitrogens is 4. The van der Waals surface area contributed by atoms with Gasteiger partial charge in [0, 0.05) is 43.5 Å². The molecule has 3 heterocycles. The largest absolute Gasteiger partial charge is 0.338 e. The Bertz CT molecular complexity index is 762. The molecule has 0 bridgehead atoms. The first kappa shape index (κ1) is 15.3. The van der Waals surface area contributed by atoms with Crippen molar-refractivity contribution in [2.75, 3.05) is 12.4 Å². The highest BCUT2D eigenvalue weighted by Crippen LogP contribution is 2.38. The summed E-state index contributed by atoms with van der Waals surface area (Å²) < 4.78 is 1.75. The van der Waals surface area contributed by atoms with E-state index < -0.39 is 5.92 Å². The number of amides is 2. The number of nitrogens with zero attached hydrogens (tertiary/aromatic N) is 4. The molecule has 0 saturated carbocycles. The van der Waals surface area contributed by atoms with Crippen LogP contribution in [0.15, 0.2) is 12.3 Å². The number of likely N-dealkylation sites (tertiary alicyclic amines) is 1. The highest BCUT2D eigenvalue weighted by atomic mass is 16.2. The SMILES string of the molecule is Cc1cc(NC(=O)[C@H]2CC(=O)N(C)[C@@H]2c2cnn(C)c2C)n[nH]1. The monoisotopic (exact) mass is 316 g/mol. The first-order chi connectivity index (χ1) is 10.9. The maximum absolute atomic E-state index is 12.6. The summed E-state index contributed by atoms with van der Waals surface area (Å²) in [7, 11) is 3.57. The molecule has 2 N–H and O–H groups in total. The van der Waals surface area contributed by atoms with Gasteiger partial charge < -0.3 is 10.2 Å². The van der Waals surface area contributed by atoms with E-state index in [4.69, 9.17) is 0 Å². The van der Waals surface area contributed by atoms with Crippen molar-refractivity contribution in [3.8, 4) is 0 Å². The van der Waals surface area contributed by atoms with Gasteiger partial charge in [-0.3, -0.25) is 19.4 Å². The third-order valence-electron chi connectivity index (χ3n) is 4.47. The molecule has 0 aliphatic carbocycles. The van der Waals surface area contributed by atoms with E-state index in [0.717, 1.165) is 17.0 Å². The molecule has 1 fully saturated rings. The van der Waals surface area contributed by atoms with Gasteiger partial charge in [0.25, 0.3) is 0 Å². The number of rotatable bonds is 3. The Balaban J connectivity index is 1.88. The van der Waals surface area contributed by atoms with Gasteiger partial charge in [-0.15, -0.1) is 0 Å². The van der Waals surface area contributed by atoms with Crippen LogP contribution in [-0.4, -0.2) is 43.7 Å². The molecule has 1 aliphatic heterocycles.